The molecule has 0 saturated carbocycles. The van der Waals surface area contributed by atoms with Gasteiger partial charge in [0, 0.05) is 0 Å². The fraction of sp³-hybridized carbons (Fsp3) is 0.368. The predicted octanol–water partition coefficient (Wildman–Crippen LogP) is 3.26. The summed E-state index contributed by atoms with van der Waals surface area (Å²) in [5.41, 5.74) is 4.80. The molecule has 1 nitrogen and oxygen atoms in total. The van der Waals surface area contributed by atoms with Gasteiger partial charge < -0.3 is 5.32 Å². The molecule has 0 aromatic heterocycles. The number of rotatable bonds is 5. The molecule has 2 rings (SSSR count). The van der Waals surface area contributed by atoms with Crippen LogP contribution in [-0.2, 0) is 0 Å². The maximum atomic E-state index is 4.90. The first-order valence-corrected chi connectivity index (χ1v) is 9.13. The molecule has 0 amide bonds. The van der Waals surface area contributed by atoms with Crippen LogP contribution < -0.4 is 24.2 Å². The van der Waals surface area contributed by atoms with Crippen LogP contribution >= 0.6 is 7.92 Å². The molecule has 0 unspecified atom stereocenters. The molecule has 112 valence electrons. The van der Waals surface area contributed by atoms with Crippen molar-refractivity contribution in [1.29, 1.82) is 0 Å². The van der Waals surface area contributed by atoms with Crippen LogP contribution in [0.4, 0.5) is 11.4 Å². The summed E-state index contributed by atoms with van der Waals surface area (Å²) in [6.45, 7) is 11.5. The molecule has 0 aliphatic carbocycles. The molecule has 0 saturated heterocycles. The molecule has 0 aliphatic rings. The zero-order chi connectivity index (χ0) is 15.4. The third kappa shape index (κ3) is 4.89. The Hall–Kier alpha value is -0.733. The first kappa shape index (κ1) is 19.3. The van der Waals surface area contributed by atoms with Crippen molar-refractivity contribution >= 4 is 24.6 Å². The minimum Gasteiger partial charge on any atom is -0.657 e. The van der Waals surface area contributed by atoms with Crippen molar-refractivity contribution in [3.63, 3.8) is 0 Å². The molecule has 0 atom stereocenters. The number of benzene rings is 2. The van der Waals surface area contributed by atoms with Gasteiger partial charge in [-0.15, -0.1) is 11.4 Å². The summed E-state index contributed by atoms with van der Waals surface area (Å²) in [5.74, 6) is 0. The van der Waals surface area contributed by atoms with E-state index in [-0.39, 0.29) is 26.8 Å². The Morgan fingerprint density at radius 1 is 0.864 bits per heavy atom. The van der Waals surface area contributed by atoms with Gasteiger partial charge in [0.1, 0.15) is 0 Å². The molecule has 0 radical (unpaired) electrons. The number of aryl methyl sites for hydroxylation is 1. The van der Waals surface area contributed by atoms with Crippen molar-refractivity contribution in [2.24, 2.45) is 0 Å². The molecule has 0 N–H and O–H groups in total. The van der Waals surface area contributed by atoms with Gasteiger partial charge in [-0.1, -0.05) is 89.7 Å². The standard InChI is InChI=1S/C19H25NP.Li/c1-14(2)21(15(3)4)19-12-11-16(5)13-18(19)20-17-9-7-6-8-10-17;/h6-15H,1-5H3;/q-1;+1. The molecule has 22 heavy (non-hydrogen) atoms. The molecular formula is C19H25LiNP. The zero-order valence-corrected chi connectivity index (χ0v) is 15.6. The van der Waals surface area contributed by atoms with Gasteiger partial charge in [-0.25, -0.2) is 0 Å². The predicted molar refractivity (Wildman–Crippen MR) is 97.1 cm³/mol. The second kappa shape index (κ2) is 8.78. The van der Waals surface area contributed by atoms with Gasteiger partial charge in [0.15, 0.2) is 0 Å². The van der Waals surface area contributed by atoms with Gasteiger partial charge in [0.25, 0.3) is 0 Å². The van der Waals surface area contributed by atoms with Crippen LogP contribution in [0.5, 0.6) is 0 Å². The van der Waals surface area contributed by atoms with Gasteiger partial charge in [-0.05, 0) is 23.5 Å². The topological polar surface area (TPSA) is 14.1 Å². The van der Waals surface area contributed by atoms with E-state index in [2.05, 4.69) is 65.0 Å². The van der Waals surface area contributed by atoms with Gasteiger partial charge in [0.2, 0.25) is 0 Å². The first-order chi connectivity index (χ1) is 9.99. The van der Waals surface area contributed by atoms with Gasteiger partial charge in [-0.2, -0.15) is 0 Å². The second-order valence-electron chi connectivity index (χ2n) is 6.03. The van der Waals surface area contributed by atoms with E-state index in [1.807, 2.05) is 18.2 Å². The normalized spacial score (nSPS) is 10.9. The van der Waals surface area contributed by atoms with Crippen LogP contribution in [0, 0.1) is 6.92 Å². The molecule has 3 heteroatoms. The summed E-state index contributed by atoms with van der Waals surface area (Å²) >= 11 is 0. The fourth-order valence-electron chi connectivity index (χ4n) is 2.74. The molecule has 0 bridgehead atoms. The van der Waals surface area contributed by atoms with E-state index in [9.17, 15) is 0 Å². The first-order valence-electron chi connectivity index (χ1n) is 7.65. The summed E-state index contributed by atoms with van der Waals surface area (Å²) in [5, 5.41) is 6.34. The van der Waals surface area contributed by atoms with Crippen LogP contribution in [-0.4, -0.2) is 11.3 Å². The van der Waals surface area contributed by atoms with Crippen molar-refractivity contribution in [1.82, 2.24) is 0 Å². The summed E-state index contributed by atoms with van der Waals surface area (Å²) in [6.07, 6.45) is 0. The Kier molecular flexibility index (Phi) is 7.71. The SMILES string of the molecule is Cc1ccc(P(C(C)C)C(C)C)c([N-]c2ccccc2)c1.[Li+]. The molecule has 2 aromatic carbocycles. The Bertz CT molecular complexity index is 573. The number of para-hydroxylation sites is 1. The Morgan fingerprint density at radius 2 is 1.45 bits per heavy atom. The van der Waals surface area contributed by atoms with E-state index in [1.165, 1.54) is 10.9 Å². The average Bonchev–Trinajstić information content (AvgIpc) is 2.42. The van der Waals surface area contributed by atoms with Gasteiger partial charge >= 0.3 is 18.9 Å². The van der Waals surface area contributed by atoms with Crippen LogP contribution in [0.15, 0.2) is 48.5 Å². The van der Waals surface area contributed by atoms with E-state index in [1.54, 1.807) is 0 Å². The van der Waals surface area contributed by atoms with E-state index < -0.39 is 0 Å². The third-order valence-electron chi connectivity index (χ3n) is 3.53. The maximum Gasteiger partial charge on any atom is 1.00 e. The molecular weight excluding hydrogens is 280 g/mol. The second-order valence-corrected chi connectivity index (χ2v) is 9.40. The monoisotopic (exact) mass is 305 g/mol. The molecule has 2 aromatic rings. The summed E-state index contributed by atoms with van der Waals surface area (Å²) < 4.78 is 0. The third-order valence-corrected chi connectivity index (χ3v) is 6.69. The van der Waals surface area contributed by atoms with Crippen molar-refractivity contribution in [3.8, 4) is 0 Å². The van der Waals surface area contributed by atoms with Crippen LogP contribution in [0.2, 0.25) is 0 Å². The number of hydrogen-bond acceptors (Lipinski definition) is 0. The minimum atomic E-state index is -0.197. The van der Waals surface area contributed by atoms with Crippen molar-refractivity contribution in [2.45, 2.75) is 45.9 Å². The largest absolute Gasteiger partial charge is 1.00 e. The minimum absolute atomic E-state index is 0. The smallest absolute Gasteiger partial charge is 0.657 e. The quantitative estimate of drug-likeness (QED) is 0.595. The molecule has 0 fully saturated rings. The molecule has 0 aliphatic heterocycles. The zero-order valence-electron chi connectivity index (χ0n) is 14.7. The van der Waals surface area contributed by atoms with Gasteiger partial charge in [-0.3, -0.25) is 0 Å². The maximum absolute atomic E-state index is 4.90. The fourth-order valence-corrected chi connectivity index (χ4v) is 5.67. The number of hydrogen-bond donors (Lipinski definition) is 0. The van der Waals surface area contributed by atoms with Crippen molar-refractivity contribution < 1.29 is 18.9 Å². The van der Waals surface area contributed by atoms with Crippen LogP contribution in [0.25, 0.3) is 5.32 Å². The van der Waals surface area contributed by atoms with E-state index >= 15 is 0 Å². The molecule has 0 heterocycles. The number of nitrogens with zero attached hydrogens (tertiary/aromatic N) is 1. The van der Waals surface area contributed by atoms with E-state index in [4.69, 9.17) is 5.32 Å². The van der Waals surface area contributed by atoms with Crippen LogP contribution in [0.3, 0.4) is 0 Å². The Labute approximate surface area is 148 Å². The van der Waals surface area contributed by atoms with Crippen LogP contribution in [0.1, 0.15) is 33.3 Å². The van der Waals surface area contributed by atoms with Crippen molar-refractivity contribution in [3.05, 3.63) is 59.4 Å². The van der Waals surface area contributed by atoms with Crippen molar-refractivity contribution in [2.75, 3.05) is 0 Å². The Morgan fingerprint density at radius 3 is 2.00 bits per heavy atom. The average molecular weight is 305 g/mol. The Balaban J connectivity index is 0.00000242. The summed E-state index contributed by atoms with van der Waals surface area (Å²) in [7, 11) is -0.197. The van der Waals surface area contributed by atoms with Gasteiger partial charge in [0.05, 0.1) is 0 Å². The summed E-state index contributed by atoms with van der Waals surface area (Å²) in [6, 6.07) is 17.0. The molecule has 0 spiro atoms. The van der Waals surface area contributed by atoms with E-state index in [0.717, 1.165) is 11.4 Å². The van der Waals surface area contributed by atoms with E-state index in [0.29, 0.717) is 11.3 Å². The summed E-state index contributed by atoms with van der Waals surface area (Å²) in [4.78, 5) is 0.